The van der Waals surface area contributed by atoms with Crippen LogP contribution in [0.4, 0.5) is 5.69 Å². The van der Waals surface area contributed by atoms with Crippen LogP contribution < -0.4 is 20.1 Å². The van der Waals surface area contributed by atoms with Gasteiger partial charge in [0.1, 0.15) is 23.8 Å². The second-order valence-electron chi connectivity index (χ2n) is 6.78. The Morgan fingerprint density at radius 2 is 1.65 bits per heavy atom. The third-order valence-corrected chi connectivity index (χ3v) is 5.04. The summed E-state index contributed by atoms with van der Waals surface area (Å²) in [6.07, 6.45) is 0. The summed E-state index contributed by atoms with van der Waals surface area (Å²) in [6, 6.07) is 21.8. The highest BCUT2D eigenvalue weighted by Crippen LogP contribution is 2.33. The number of ether oxygens (including phenoxy) is 2. The lowest BCUT2D eigenvalue weighted by atomic mass is 10.0. The van der Waals surface area contributed by atoms with Gasteiger partial charge >= 0.3 is 0 Å². The number of halogens is 1. The van der Waals surface area contributed by atoms with Gasteiger partial charge in [0.15, 0.2) is 0 Å². The third-order valence-electron chi connectivity index (χ3n) is 4.75. The minimum absolute atomic E-state index is 0.128. The van der Waals surface area contributed by atoms with Crippen molar-refractivity contribution in [3.8, 4) is 11.5 Å². The molecule has 0 saturated carbocycles. The van der Waals surface area contributed by atoms with Gasteiger partial charge in [-0.3, -0.25) is 14.9 Å². The summed E-state index contributed by atoms with van der Waals surface area (Å²) >= 11 is 6.38. The Balaban J connectivity index is 1.59. The second kappa shape index (κ2) is 8.93. The molecule has 31 heavy (non-hydrogen) atoms. The monoisotopic (exact) mass is 434 g/mol. The van der Waals surface area contributed by atoms with Crippen molar-refractivity contribution in [1.82, 2.24) is 5.32 Å². The zero-order valence-electron chi connectivity index (χ0n) is 16.6. The van der Waals surface area contributed by atoms with E-state index in [0.717, 1.165) is 5.56 Å². The van der Waals surface area contributed by atoms with Gasteiger partial charge in [0.25, 0.3) is 11.8 Å². The topological polar surface area (TPSA) is 76.7 Å². The molecule has 4 rings (SSSR count). The van der Waals surface area contributed by atoms with E-state index < -0.39 is 11.8 Å². The smallest absolute Gasteiger partial charge is 0.275 e. The van der Waals surface area contributed by atoms with E-state index in [4.69, 9.17) is 21.1 Å². The second-order valence-corrected chi connectivity index (χ2v) is 7.19. The zero-order chi connectivity index (χ0) is 21.8. The number of benzene rings is 3. The van der Waals surface area contributed by atoms with Gasteiger partial charge in [0.05, 0.1) is 17.7 Å². The first kappa shape index (κ1) is 20.5. The summed E-state index contributed by atoms with van der Waals surface area (Å²) in [5.41, 5.74) is 2.43. The molecule has 1 heterocycles. The van der Waals surface area contributed by atoms with E-state index >= 15 is 0 Å². The first-order valence-electron chi connectivity index (χ1n) is 9.53. The van der Waals surface area contributed by atoms with Crippen molar-refractivity contribution < 1.29 is 19.1 Å². The van der Waals surface area contributed by atoms with Crippen LogP contribution in [0.3, 0.4) is 0 Å². The number of para-hydroxylation sites is 1. The highest BCUT2D eigenvalue weighted by atomic mass is 35.5. The fourth-order valence-electron chi connectivity index (χ4n) is 3.26. The van der Waals surface area contributed by atoms with Gasteiger partial charge in [-0.2, -0.15) is 0 Å². The highest BCUT2D eigenvalue weighted by molar-refractivity contribution is 6.37. The molecule has 0 aromatic heterocycles. The normalized spacial score (nSPS) is 13.2. The Morgan fingerprint density at radius 1 is 0.903 bits per heavy atom. The van der Waals surface area contributed by atoms with Crippen LogP contribution in [0.15, 0.2) is 78.5 Å². The first-order valence-corrected chi connectivity index (χ1v) is 9.91. The molecule has 0 bridgehead atoms. The van der Waals surface area contributed by atoms with Gasteiger partial charge in [-0.05, 0) is 29.8 Å². The van der Waals surface area contributed by atoms with Gasteiger partial charge in [0.2, 0.25) is 0 Å². The molecule has 1 aliphatic rings. The summed E-state index contributed by atoms with van der Waals surface area (Å²) < 4.78 is 11.1. The fraction of sp³-hybridized carbons (Fsp3) is 0.0833. The van der Waals surface area contributed by atoms with Crippen LogP contribution in [-0.2, 0) is 16.2 Å². The minimum Gasteiger partial charge on any atom is -0.496 e. The van der Waals surface area contributed by atoms with Crippen molar-refractivity contribution in [1.29, 1.82) is 0 Å². The molecule has 156 valence electrons. The van der Waals surface area contributed by atoms with Crippen LogP contribution in [0.2, 0.25) is 5.02 Å². The van der Waals surface area contributed by atoms with Gasteiger partial charge in [-0.1, -0.05) is 60.1 Å². The largest absolute Gasteiger partial charge is 0.496 e. The Hall–Kier alpha value is -3.77. The van der Waals surface area contributed by atoms with Crippen LogP contribution in [-0.4, -0.2) is 18.9 Å². The van der Waals surface area contributed by atoms with Gasteiger partial charge in [-0.15, -0.1) is 0 Å². The molecule has 0 saturated heterocycles. The van der Waals surface area contributed by atoms with Gasteiger partial charge in [0, 0.05) is 11.3 Å². The Kier molecular flexibility index (Phi) is 5.91. The number of amides is 2. The maximum Gasteiger partial charge on any atom is 0.275 e. The Bertz CT molecular complexity index is 1180. The van der Waals surface area contributed by atoms with E-state index in [-0.39, 0.29) is 11.3 Å². The highest BCUT2D eigenvalue weighted by Gasteiger charge is 2.33. The maximum atomic E-state index is 12.5. The molecule has 0 fully saturated rings. The summed E-state index contributed by atoms with van der Waals surface area (Å²) in [5, 5.41) is 5.72. The van der Waals surface area contributed by atoms with Crippen molar-refractivity contribution >= 4 is 34.7 Å². The number of imide groups is 1. The van der Waals surface area contributed by atoms with Crippen LogP contribution in [0.25, 0.3) is 5.57 Å². The predicted octanol–water partition coefficient (Wildman–Crippen LogP) is 4.41. The number of methoxy groups -OCH3 is 1. The average molecular weight is 435 g/mol. The summed E-state index contributed by atoms with van der Waals surface area (Å²) in [5.74, 6) is -0.0105. The number of carbonyl (C=O) groups is 2. The molecular formula is C24H19ClN2O4. The first-order chi connectivity index (χ1) is 15.1. The van der Waals surface area contributed by atoms with Crippen LogP contribution in [0.1, 0.15) is 11.1 Å². The third kappa shape index (κ3) is 4.39. The number of anilines is 1. The molecule has 3 aromatic carbocycles. The number of hydrogen-bond acceptors (Lipinski definition) is 5. The molecule has 1 aliphatic heterocycles. The average Bonchev–Trinajstić information content (AvgIpc) is 3.06. The molecular weight excluding hydrogens is 416 g/mol. The van der Waals surface area contributed by atoms with Crippen molar-refractivity contribution in [2.45, 2.75) is 6.61 Å². The maximum absolute atomic E-state index is 12.5. The standard InChI is InChI=1S/C24H19ClN2O4/c1-30-19-10-6-5-9-17(19)21-22(24(29)27-23(21)28)26-16-11-12-20(18(25)13-16)31-14-15-7-3-2-4-8-15/h2-13H,14H2,1H3,(H2,26,27,28,29). The summed E-state index contributed by atoms with van der Waals surface area (Å²) in [7, 11) is 1.51. The van der Waals surface area contributed by atoms with Crippen molar-refractivity contribution in [2.75, 3.05) is 12.4 Å². The number of hydrogen-bond donors (Lipinski definition) is 2. The van der Waals surface area contributed by atoms with E-state index in [1.165, 1.54) is 7.11 Å². The SMILES string of the molecule is COc1ccccc1C1=C(Nc2ccc(OCc3ccccc3)c(Cl)c2)C(=O)NC1=O. The molecule has 0 aliphatic carbocycles. The molecule has 2 amide bonds. The van der Waals surface area contributed by atoms with Gasteiger partial charge < -0.3 is 14.8 Å². The van der Waals surface area contributed by atoms with E-state index in [2.05, 4.69) is 10.6 Å². The number of nitrogens with one attached hydrogen (secondary N) is 2. The van der Waals surface area contributed by atoms with Crippen molar-refractivity contribution in [3.05, 3.63) is 94.6 Å². The summed E-state index contributed by atoms with van der Waals surface area (Å²) in [6.45, 7) is 0.382. The fourth-order valence-corrected chi connectivity index (χ4v) is 3.49. The molecule has 6 nitrogen and oxygen atoms in total. The van der Waals surface area contributed by atoms with E-state index in [9.17, 15) is 9.59 Å². The molecule has 0 spiro atoms. The molecule has 3 aromatic rings. The lowest BCUT2D eigenvalue weighted by Gasteiger charge is -2.13. The lowest BCUT2D eigenvalue weighted by molar-refractivity contribution is -0.123. The van der Waals surface area contributed by atoms with E-state index in [0.29, 0.717) is 34.4 Å². The quantitative estimate of drug-likeness (QED) is 0.539. The van der Waals surface area contributed by atoms with Crippen LogP contribution in [0.5, 0.6) is 11.5 Å². The Morgan fingerprint density at radius 3 is 2.39 bits per heavy atom. The van der Waals surface area contributed by atoms with Crippen LogP contribution >= 0.6 is 11.6 Å². The van der Waals surface area contributed by atoms with E-state index in [1.807, 2.05) is 30.3 Å². The molecule has 7 heteroatoms. The van der Waals surface area contributed by atoms with Gasteiger partial charge in [-0.25, -0.2) is 0 Å². The minimum atomic E-state index is -0.522. The van der Waals surface area contributed by atoms with Crippen molar-refractivity contribution in [3.63, 3.8) is 0 Å². The van der Waals surface area contributed by atoms with Crippen LogP contribution in [0, 0.1) is 0 Å². The molecule has 0 unspecified atom stereocenters. The van der Waals surface area contributed by atoms with Crippen molar-refractivity contribution in [2.24, 2.45) is 0 Å². The van der Waals surface area contributed by atoms with E-state index in [1.54, 1.807) is 42.5 Å². The zero-order valence-corrected chi connectivity index (χ0v) is 17.4. The lowest BCUT2D eigenvalue weighted by Crippen LogP contribution is -2.24. The molecule has 0 radical (unpaired) electrons. The predicted molar refractivity (Wildman–Crippen MR) is 119 cm³/mol. The number of rotatable bonds is 7. The molecule has 2 N–H and O–H groups in total. The number of carbonyl (C=O) groups excluding carboxylic acids is 2. The molecule has 0 atom stereocenters. The summed E-state index contributed by atoms with van der Waals surface area (Å²) in [4.78, 5) is 24.9. The Labute approximate surface area is 184 Å².